The molecule has 0 radical (unpaired) electrons. The average Bonchev–Trinajstić information content (AvgIpc) is 3.25. The highest BCUT2D eigenvalue weighted by Crippen LogP contribution is 2.29. The van der Waals surface area contributed by atoms with E-state index in [1.54, 1.807) is 23.1 Å². The van der Waals surface area contributed by atoms with Crippen molar-refractivity contribution < 1.29 is 13.2 Å². The number of hydrogen-bond donors (Lipinski definition) is 1. The molecule has 1 unspecified atom stereocenters. The number of sulfonamides is 1. The number of aromatic nitrogens is 3. The molecule has 1 fully saturated rings. The second-order valence-electron chi connectivity index (χ2n) is 5.67. The molecule has 0 saturated carbocycles. The maximum absolute atomic E-state index is 12.9. The highest BCUT2D eigenvalue weighted by molar-refractivity contribution is 7.91. The van der Waals surface area contributed by atoms with Gasteiger partial charge in [0.05, 0.1) is 12.6 Å². The third-order valence-corrected chi connectivity index (χ3v) is 7.33. The van der Waals surface area contributed by atoms with Gasteiger partial charge in [0.15, 0.2) is 0 Å². The Morgan fingerprint density at radius 1 is 1.46 bits per heavy atom. The number of rotatable bonds is 5. The van der Waals surface area contributed by atoms with Gasteiger partial charge in [-0.05, 0) is 25.0 Å². The smallest absolute Gasteiger partial charge is 0.252 e. The quantitative estimate of drug-likeness (QED) is 0.848. The van der Waals surface area contributed by atoms with Gasteiger partial charge in [0.1, 0.15) is 16.9 Å². The lowest BCUT2D eigenvalue weighted by Gasteiger charge is -2.31. The first-order chi connectivity index (χ1) is 11.5. The van der Waals surface area contributed by atoms with Crippen molar-refractivity contribution in [1.29, 1.82) is 0 Å². The molecule has 1 saturated heterocycles. The number of carbonyl (C=O) groups excluding carboxylic acids is 1. The minimum absolute atomic E-state index is 0.00911. The number of amides is 1. The summed E-state index contributed by atoms with van der Waals surface area (Å²) in [5.41, 5.74) is 0. The van der Waals surface area contributed by atoms with E-state index in [-0.39, 0.29) is 11.9 Å². The Labute approximate surface area is 144 Å². The van der Waals surface area contributed by atoms with Crippen molar-refractivity contribution in [3.05, 3.63) is 29.7 Å². The predicted octanol–water partition coefficient (Wildman–Crippen LogP) is 1.00. The van der Waals surface area contributed by atoms with Crippen molar-refractivity contribution in [2.75, 3.05) is 13.1 Å². The van der Waals surface area contributed by atoms with Gasteiger partial charge < -0.3 is 5.32 Å². The molecule has 130 valence electrons. The maximum Gasteiger partial charge on any atom is 0.252 e. The number of thiophene rings is 1. The van der Waals surface area contributed by atoms with Gasteiger partial charge in [-0.3, -0.25) is 4.79 Å². The Morgan fingerprint density at radius 3 is 3.00 bits per heavy atom. The summed E-state index contributed by atoms with van der Waals surface area (Å²) in [5.74, 6) is -0.139. The van der Waals surface area contributed by atoms with Crippen LogP contribution in [0.25, 0.3) is 0 Å². The van der Waals surface area contributed by atoms with E-state index in [4.69, 9.17) is 0 Å². The molecule has 1 amide bonds. The molecule has 1 aliphatic heterocycles. The summed E-state index contributed by atoms with van der Waals surface area (Å²) in [6, 6.07) is 3.36. The summed E-state index contributed by atoms with van der Waals surface area (Å²) in [6.07, 6.45) is 4.75. The van der Waals surface area contributed by atoms with Gasteiger partial charge in [-0.1, -0.05) is 0 Å². The normalized spacial score (nSPS) is 19.3. The number of carbonyl (C=O) groups is 1. The maximum atomic E-state index is 12.9. The van der Waals surface area contributed by atoms with Gasteiger partial charge >= 0.3 is 0 Å². The Kier molecular flexibility index (Phi) is 4.97. The largest absolute Gasteiger partial charge is 0.351 e. The summed E-state index contributed by atoms with van der Waals surface area (Å²) in [4.78, 5) is 15.7. The minimum atomic E-state index is -3.53. The van der Waals surface area contributed by atoms with Crippen molar-refractivity contribution in [1.82, 2.24) is 24.4 Å². The zero-order chi connectivity index (χ0) is 17.2. The lowest BCUT2D eigenvalue weighted by atomic mass is 10.1. The molecule has 1 aliphatic rings. The molecule has 0 spiro atoms. The monoisotopic (exact) mass is 369 g/mol. The first-order valence-electron chi connectivity index (χ1n) is 7.64. The lowest BCUT2D eigenvalue weighted by Crippen LogP contribution is -2.40. The van der Waals surface area contributed by atoms with Gasteiger partial charge in [0, 0.05) is 24.9 Å². The van der Waals surface area contributed by atoms with Crippen molar-refractivity contribution in [2.45, 2.75) is 36.6 Å². The van der Waals surface area contributed by atoms with Crippen LogP contribution in [-0.2, 0) is 21.4 Å². The molecule has 2 aromatic heterocycles. The number of piperidine rings is 1. The molecule has 0 bridgehead atoms. The third kappa shape index (κ3) is 3.65. The highest BCUT2D eigenvalue weighted by atomic mass is 32.2. The summed E-state index contributed by atoms with van der Waals surface area (Å²) in [6.45, 7) is 2.68. The summed E-state index contributed by atoms with van der Waals surface area (Å²) in [7, 11) is -3.53. The predicted molar refractivity (Wildman–Crippen MR) is 88.9 cm³/mol. The average molecular weight is 369 g/mol. The van der Waals surface area contributed by atoms with Crippen LogP contribution in [0.15, 0.2) is 29.0 Å². The van der Waals surface area contributed by atoms with Crippen molar-refractivity contribution in [3.63, 3.8) is 0 Å². The molecule has 3 rings (SSSR count). The number of nitrogens with one attached hydrogen (secondary N) is 1. The second-order valence-corrected chi connectivity index (χ2v) is 9.00. The van der Waals surface area contributed by atoms with Crippen molar-refractivity contribution in [2.24, 2.45) is 0 Å². The molecule has 1 atom stereocenters. The zero-order valence-corrected chi connectivity index (χ0v) is 14.9. The van der Waals surface area contributed by atoms with E-state index < -0.39 is 10.0 Å². The first kappa shape index (κ1) is 17.1. The Hall–Kier alpha value is -1.78. The summed E-state index contributed by atoms with van der Waals surface area (Å²) < 4.78 is 29.3. The van der Waals surface area contributed by atoms with Crippen molar-refractivity contribution in [3.8, 4) is 0 Å². The summed E-state index contributed by atoms with van der Waals surface area (Å²) in [5, 5.41) is 6.80. The fourth-order valence-corrected chi connectivity index (χ4v) is 5.66. The van der Waals surface area contributed by atoms with Crippen LogP contribution in [0.4, 0.5) is 0 Å². The number of hydrogen-bond acceptors (Lipinski definition) is 6. The van der Waals surface area contributed by atoms with E-state index in [1.165, 1.54) is 28.9 Å². The van der Waals surface area contributed by atoms with E-state index in [0.29, 0.717) is 23.8 Å². The standard InChI is InChI=1S/C14H19N5O3S2/c1-11(20)16-7-13-4-5-14(23-13)24(21,22)18-6-2-3-12(8-18)19-10-15-9-17-19/h4-5,9-10,12H,2-3,6-8H2,1H3,(H,16,20). The topological polar surface area (TPSA) is 97.2 Å². The van der Waals surface area contributed by atoms with Crippen LogP contribution in [-0.4, -0.2) is 46.5 Å². The van der Waals surface area contributed by atoms with Gasteiger partial charge in [0.25, 0.3) is 10.0 Å². The molecule has 10 heteroatoms. The zero-order valence-electron chi connectivity index (χ0n) is 13.3. The van der Waals surface area contributed by atoms with E-state index in [0.717, 1.165) is 17.7 Å². The van der Waals surface area contributed by atoms with Crippen LogP contribution >= 0.6 is 11.3 Å². The van der Waals surface area contributed by atoms with E-state index in [2.05, 4.69) is 15.4 Å². The molecule has 2 aromatic rings. The van der Waals surface area contributed by atoms with E-state index in [1.807, 2.05) is 0 Å². The SMILES string of the molecule is CC(=O)NCc1ccc(S(=O)(=O)N2CCCC(n3cncn3)C2)s1. The van der Waals surface area contributed by atoms with Gasteiger partial charge in [-0.25, -0.2) is 18.1 Å². The second kappa shape index (κ2) is 6.99. The first-order valence-corrected chi connectivity index (χ1v) is 9.90. The Bertz CT molecular complexity index is 800. The van der Waals surface area contributed by atoms with Gasteiger partial charge in [-0.2, -0.15) is 9.40 Å². The molecular weight excluding hydrogens is 350 g/mol. The molecule has 3 heterocycles. The van der Waals surface area contributed by atoms with Crippen LogP contribution in [0, 0.1) is 0 Å². The molecule has 1 N–H and O–H groups in total. The molecule has 0 aromatic carbocycles. The number of nitrogens with zero attached hydrogens (tertiary/aromatic N) is 4. The van der Waals surface area contributed by atoms with Crippen LogP contribution in [0.1, 0.15) is 30.7 Å². The van der Waals surface area contributed by atoms with Crippen LogP contribution < -0.4 is 5.32 Å². The molecule has 8 nitrogen and oxygen atoms in total. The van der Waals surface area contributed by atoms with Gasteiger partial charge in [-0.15, -0.1) is 11.3 Å². The molecular formula is C14H19N5O3S2. The highest BCUT2D eigenvalue weighted by Gasteiger charge is 2.32. The molecule has 24 heavy (non-hydrogen) atoms. The van der Waals surface area contributed by atoms with Crippen LogP contribution in [0.5, 0.6) is 0 Å². The van der Waals surface area contributed by atoms with Crippen LogP contribution in [0.2, 0.25) is 0 Å². The van der Waals surface area contributed by atoms with Crippen molar-refractivity contribution >= 4 is 27.3 Å². The van der Waals surface area contributed by atoms with Crippen LogP contribution in [0.3, 0.4) is 0 Å². The minimum Gasteiger partial charge on any atom is -0.351 e. The van der Waals surface area contributed by atoms with Gasteiger partial charge in [0.2, 0.25) is 5.91 Å². The molecule has 0 aliphatic carbocycles. The summed E-state index contributed by atoms with van der Waals surface area (Å²) >= 11 is 1.20. The lowest BCUT2D eigenvalue weighted by molar-refractivity contribution is -0.119. The van der Waals surface area contributed by atoms with E-state index in [9.17, 15) is 13.2 Å². The fraction of sp³-hybridized carbons (Fsp3) is 0.500. The Balaban J connectivity index is 1.73. The third-order valence-electron chi connectivity index (χ3n) is 3.91. The fourth-order valence-electron chi connectivity index (χ4n) is 2.69. The Morgan fingerprint density at radius 2 is 2.29 bits per heavy atom. The van der Waals surface area contributed by atoms with E-state index >= 15 is 0 Å².